The van der Waals surface area contributed by atoms with E-state index in [1.165, 1.54) is 19.2 Å². The van der Waals surface area contributed by atoms with Crippen molar-refractivity contribution in [3.05, 3.63) is 77.1 Å². The Morgan fingerprint density at radius 1 is 1.18 bits per heavy atom. The van der Waals surface area contributed by atoms with Crippen LogP contribution in [-0.2, 0) is 17.5 Å². The number of rotatable bonds is 9. The van der Waals surface area contributed by atoms with Gasteiger partial charge in [0.15, 0.2) is 0 Å². The van der Waals surface area contributed by atoms with Crippen molar-refractivity contribution in [1.82, 2.24) is 5.32 Å². The van der Waals surface area contributed by atoms with Crippen LogP contribution in [0, 0.1) is 5.82 Å². The number of fused-ring (bicyclic) bond motifs is 1. The maximum absolute atomic E-state index is 13.6. The number of amides is 1. The van der Waals surface area contributed by atoms with Gasteiger partial charge in [0.25, 0.3) is 5.91 Å². The maximum atomic E-state index is 13.6. The standard InChI is InChI=1S/C28H28BFN2O6S/c1-31-28(33)26-22-13-21(16-4-5-16)23(14-25(22)38-27(26)17-7-10-20(30)11-8-17)32(39(3)36)15-18-6-9-19(29(34)35)12-24(18)37-2/h6-14,16,34-35H,4-5,15H2,1-3H3,(H,31,33). The molecule has 11 heteroatoms. The van der Waals surface area contributed by atoms with Crippen molar-refractivity contribution in [2.75, 3.05) is 24.7 Å². The first kappa shape index (κ1) is 26.9. The van der Waals surface area contributed by atoms with Crippen molar-refractivity contribution < 1.29 is 32.6 Å². The van der Waals surface area contributed by atoms with Crippen LogP contribution >= 0.6 is 0 Å². The summed E-state index contributed by atoms with van der Waals surface area (Å²) < 4.78 is 40.2. The Morgan fingerprint density at radius 2 is 1.90 bits per heavy atom. The Hall–Kier alpha value is -3.67. The largest absolute Gasteiger partial charge is 0.496 e. The van der Waals surface area contributed by atoms with Gasteiger partial charge in [-0.1, -0.05) is 12.1 Å². The Bertz CT molecular complexity index is 1570. The molecule has 1 heterocycles. The predicted octanol–water partition coefficient (Wildman–Crippen LogP) is 3.46. The minimum atomic E-state index is -1.64. The van der Waals surface area contributed by atoms with Gasteiger partial charge in [-0.25, -0.2) is 8.60 Å². The number of benzene rings is 3. The van der Waals surface area contributed by atoms with E-state index in [1.54, 1.807) is 47.9 Å². The highest BCUT2D eigenvalue weighted by Crippen LogP contribution is 2.48. The van der Waals surface area contributed by atoms with Gasteiger partial charge in [-0.3, -0.25) is 9.10 Å². The van der Waals surface area contributed by atoms with E-state index in [-0.39, 0.29) is 23.8 Å². The number of nitrogens with one attached hydrogen (secondary N) is 1. The highest BCUT2D eigenvalue weighted by molar-refractivity contribution is 7.85. The molecule has 1 aromatic heterocycles. The van der Waals surface area contributed by atoms with Gasteiger partial charge in [0, 0.05) is 35.9 Å². The highest BCUT2D eigenvalue weighted by Gasteiger charge is 2.32. The van der Waals surface area contributed by atoms with Crippen LogP contribution in [0.2, 0.25) is 0 Å². The quantitative estimate of drug-likeness (QED) is 0.275. The van der Waals surface area contributed by atoms with Crippen molar-refractivity contribution >= 4 is 46.1 Å². The molecule has 3 aromatic carbocycles. The summed E-state index contributed by atoms with van der Waals surface area (Å²) in [6.45, 7) is 0.215. The van der Waals surface area contributed by atoms with Crippen molar-refractivity contribution in [3.8, 4) is 17.1 Å². The van der Waals surface area contributed by atoms with E-state index in [4.69, 9.17) is 9.15 Å². The van der Waals surface area contributed by atoms with Crippen LogP contribution in [0.1, 0.15) is 40.2 Å². The second-order valence-electron chi connectivity index (χ2n) is 9.48. The molecule has 1 atom stereocenters. The number of nitrogens with zero attached hydrogens (tertiary/aromatic N) is 1. The number of hydrogen-bond acceptors (Lipinski definition) is 6. The van der Waals surface area contributed by atoms with Gasteiger partial charge in [-0.15, -0.1) is 0 Å². The van der Waals surface area contributed by atoms with Crippen LogP contribution < -0.4 is 19.8 Å². The van der Waals surface area contributed by atoms with Gasteiger partial charge in [-0.2, -0.15) is 0 Å². The van der Waals surface area contributed by atoms with E-state index in [9.17, 15) is 23.4 Å². The van der Waals surface area contributed by atoms with E-state index >= 15 is 0 Å². The molecule has 5 rings (SSSR count). The van der Waals surface area contributed by atoms with Crippen molar-refractivity contribution in [3.63, 3.8) is 0 Å². The summed E-state index contributed by atoms with van der Waals surface area (Å²) >= 11 is 0. The average Bonchev–Trinajstić information content (AvgIpc) is 3.71. The molecule has 0 saturated heterocycles. The van der Waals surface area contributed by atoms with Crippen LogP contribution in [0.15, 0.2) is 59.0 Å². The third-order valence-corrected chi connectivity index (χ3v) is 7.86. The van der Waals surface area contributed by atoms with Crippen molar-refractivity contribution in [1.29, 1.82) is 0 Å². The van der Waals surface area contributed by atoms with Gasteiger partial charge in [-0.05, 0) is 66.2 Å². The summed E-state index contributed by atoms with van der Waals surface area (Å²) in [5.74, 6) is 0.281. The molecular formula is C28H28BFN2O6S. The molecule has 1 aliphatic carbocycles. The second-order valence-corrected chi connectivity index (χ2v) is 10.8. The monoisotopic (exact) mass is 550 g/mol. The molecule has 8 nitrogen and oxygen atoms in total. The third-order valence-electron chi connectivity index (χ3n) is 6.92. The van der Waals surface area contributed by atoms with E-state index in [0.717, 1.165) is 18.4 Å². The van der Waals surface area contributed by atoms with Crippen LogP contribution in [0.3, 0.4) is 0 Å². The molecule has 1 fully saturated rings. The van der Waals surface area contributed by atoms with Gasteiger partial charge in [0.2, 0.25) is 0 Å². The van der Waals surface area contributed by atoms with Gasteiger partial charge in [0.05, 0.1) is 24.9 Å². The molecule has 0 radical (unpaired) electrons. The van der Waals surface area contributed by atoms with Crippen LogP contribution in [0.4, 0.5) is 10.1 Å². The summed E-state index contributed by atoms with van der Waals surface area (Å²) in [5.41, 5.74) is 4.01. The number of furan rings is 1. The molecule has 1 unspecified atom stereocenters. The lowest BCUT2D eigenvalue weighted by Crippen LogP contribution is -2.30. The number of hydrogen-bond donors (Lipinski definition) is 3. The van der Waals surface area contributed by atoms with E-state index < -0.39 is 23.9 Å². The molecule has 39 heavy (non-hydrogen) atoms. The molecule has 1 aliphatic rings. The van der Waals surface area contributed by atoms with E-state index in [1.807, 2.05) is 12.1 Å². The van der Waals surface area contributed by atoms with Crippen LogP contribution in [0.25, 0.3) is 22.3 Å². The number of ether oxygens (including phenoxy) is 1. The molecule has 202 valence electrons. The van der Waals surface area contributed by atoms with Crippen LogP contribution in [0.5, 0.6) is 5.75 Å². The summed E-state index contributed by atoms with van der Waals surface area (Å²) in [4.78, 5) is 13.0. The van der Waals surface area contributed by atoms with Crippen molar-refractivity contribution in [2.45, 2.75) is 25.3 Å². The lowest BCUT2D eigenvalue weighted by atomic mass is 9.80. The summed E-state index contributed by atoms with van der Waals surface area (Å²) in [7, 11) is -0.0626. The van der Waals surface area contributed by atoms with Crippen molar-refractivity contribution in [2.24, 2.45) is 0 Å². The molecule has 0 bridgehead atoms. The highest BCUT2D eigenvalue weighted by atomic mass is 32.2. The fraction of sp³-hybridized carbons (Fsp3) is 0.250. The Labute approximate surface area is 228 Å². The Morgan fingerprint density at radius 3 is 2.49 bits per heavy atom. The molecule has 0 spiro atoms. The number of halogens is 1. The third kappa shape index (κ3) is 5.30. The number of methoxy groups -OCH3 is 1. The summed E-state index contributed by atoms with van der Waals surface area (Å²) in [5, 5.41) is 22.4. The minimum Gasteiger partial charge on any atom is -0.496 e. The fourth-order valence-electron chi connectivity index (χ4n) is 4.76. The number of carbonyl (C=O) groups is 1. The van der Waals surface area contributed by atoms with E-state index in [0.29, 0.717) is 44.9 Å². The first-order valence-corrected chi connectivity index (χ1v) is 14.0. The number of carbonyl (C=O) groups excluding carboxylic acids is 1. The molecule has 0 aliphatic heterocycles. The van der Waals surface area contributed by atoms with Gasteiger partial charge in [0.1, 0.15) is 33.9 Å². The molecule has 4 aromatic rings. The predicted molar refractivity (Wildman–Crippen MR) is 150 cm³/mol. The minimum absolute atomic E-state index is 0.215. The zero-order valence-corrected chi connectivity index (χ0v) is 22.5. The second kappa shape index (κ2) is 10.8. The summed E-state index contributed by atoms with van der Waals surface area (Å²) in [6.07, 6.45) is 3.52. The normalized spacial score (nSPS) is 13.8. The Balaban J connectivity index is 1.66. The van der Waals surface area contributed by atoms with Gasteiger partial charge >= 0.3 is 7.12 Å². The van der Waals surface area contributed by atoms with Crippen LogP contribution in [-0.4, -0.2) is 47.7 Å². The summed E-state index contributed by atoms with van der Waals surface area (Å²) in [6, 6.07) is 14.3. The molecule has 3 N–H and O–H groups in total. The zero-order valence-electron chi connectivity index (χ0n) is 21.7. The first-order chi connectivity index (χ1) is 18.7. The molecule has 1 saturated carbocycles. The van der Waals surface area contributed by atoms with E-state index in [2.05, 4.69) is 5.32 Å². The SMILES string of the molecule is CNC(=O)c1c(-c2ccc(F)cc2)oc2cc(N(Cc3ccc(B(O)O)cc3OC)S(C)=O)c(C3CC3)cc12. The first-order valence-electron chi connectivity index (χ1n) is 12.4. The topological polar surface area (TPSA) is 112 Å². The smallest absolute Gasteiger partial charge is 0.488 e. The molecule has 1 amide bonds. The fourth-order valence-corrected chi connectivity index (χ4v) is 5.52. The molecular weight excluding hydrogens is 522 g/mol. The maximum Gasteiger partial charge on any atom is 0.488 e. The van der Waals surface area contributed by atoms with Gasteiger partial charge < -0.3 is 24.5 Å². The average molecular weight is 550 g/mol. The number of anilines is 1. The zero-order chi connectivity index (χ0) is 27.8. The lowest BCUT2D eigenvalue weighted by molar-refractivity contribution is 0.0964. The Kier molecular flexibility index (Phi) is 7.48. The lowest BCUT2D eigenvalue weighted by Gasteiger charge is -2.25.